The van der Waals surface area contributed by atoms with E-state index in [1.807, 2.05) is 10.9 Å². The Morgan fingerprint density at radius 3 is 2.67 bits per heavy atom. The maximum atomic E-state index is 12.3. The maximum absolute atomic E-state index is 12.3. The summed E-state index contributed by atoms with van der Waals surface area (Å²) in [5.74, 6) is 0.371. The van der Waals surface area contributed by atoms with Crippen molar-refractivity contribution in [3.8, 4) is 0 Å². The summed E-state index contributed by atoms with van der Waals surface area (Å²) in [6.07, 6.45) is 7.99. The first-order valence-electron chi connectivity index (χ1n) is 7.48. The van der Waals surface area contributed by atoms with E-state index >= 15 is 0 Å². The molecule has 0 aromatic carbocycles. The van der Waals surface area contributed by atoms with Crippen molar-refractivity contribution >= 4 is 18.3 Å². The summed E-state index contributed by atoms with van der Waals surface area (Å²) >= 11 is 0. The minimum atomic E-state index is -0.108. The molecular weight excluding hydrogens is 288 g/mol. The molecule has 6 heteroatoms. The van der Waals surface area contributed by atoms with Crippen molar-refractivity contribution in [1.29, 1.82) is 0 Å². The van der Waals surface area contributed by atoms with E-state index in [-0.39, 0.29) is 29.9 Å². The van der Waals surface area contributed by atoms with Crippen LogP contribution in [0.1, 0.15) is 56.8 Å². The van der Waals surface area contributed by atoms with Crippen LogP contribution in [0.4, 0.5) is 0 Å². The summed E-state index contributed by atoms with van der Waals surface area (Å²) in [5, 5.41) is 7.40. The molecule has 0 bridgehead atoms. The van der Waals surface area contributed by atoms with E-state index in [0.29, 0.717) is 18.0 Å². The molecule has 1 aromatic rings. The van der Waals surface area contributed by atoms with E-state index in [0.717, 1.165) is 12.8 Å². The Morgan fingerprint density at radius 1 is 1.43 bits per heavy atom. The lowest BCUT2D eigenvalue weighted by Crippen LogP contribution is -2.44. The van der Waals surface area contributed by atoms with E-state index < -0.39 is 0 Å². The summed E-state index contributed by atoms with van der Waals surface area (Å²) in [4.78, 5) is 12.3. The van der Waals surface area contributed by atoms with E-state index in [9.17, 15) is 4.79 Å². The van der Waals surface area contributed by atoms with Crippen molar-refractivity contribution in [2.24, 2.45) is 11.7 Å². The highest BCUT2D eigenvalue weighted by Gasteiger charge is 2.26. The first-order valence-corrected chi connectivity index (χ1v) is 7.48. The number of hydrogen-bond donors (Lipinski definition) is 2. The van der Waals surface area contributed by atoms with Crippen LogP contribution in [0.25, 0.3) is 0 Å². The number of nitrogens with one attached hydrogen (secondary N) is 1. The summed E-state index contributed by atoms with van der Waals surface area (Å²) in [6.45, 7) is 6.83. The second-order valence-electron chi connectivity index (χ2n) is 6.70. The minimum absolute atomic E-state index is 0. The monoisotopic (exact) mass is 314 g/mol. The second-order valence-corrected chi connectivity index (χ2v) is 6.70. The Hall–Kier alpha value is -1.07. The third-order valence-electron chi connectivity index (χ3n) is 4.06. The van der Waals surface area contributed by atoms with E-state index in [4.69, 9.17) is 5.73 Å². The lowest BCUT2D eigenvalue weighted by atomic mass is 9.84. The fourth-order valence-electron chi connectivity index (χ4n) is 2.74. The van der Waals surface area contributed by atoms with Gasteiger partial charge in [-0.3, -0.25) is 9.48 Å². The van der Waals surface area contributed by atoms with Crippen molar-refractivity contribution in [2.75, 3.05) is 6.54 Å². The van der Waals surface area contributed by atoms with Crippen LogP contribution in [0, 0.1) is 5.92 Å². The van der Waals surface area contributed by atoms with Gasteiger partial charge in [0.25, 0.3) is 5.91 Å². The van der Waals surface area contributed by atoms with Crippen molar-refractivity contribution < 1.29 is 4.79 Å². The fraction of sp³-hybridized carbons (Fsp3) is 0.733. The standard InChI is InChI=1S/C15H26N4O.ClH/c1-15(2,3)19-10-12(9-17-19)14(20)18-13-7-5-4-6-11(13)8-16;/h9-11,13H,4-8,16H2,1-3H3,(H,18,20);1H. The van der Waals surface area contributed by atoms with Crippen molar-refractivity contribution in [3.05, 3.63) is 18.0 Å². The summed E-state index contributed by atoms with van der Waals surface area (Å²) in [6, 6.07) is 0.208. The number of hydrogen-bond acceptors (Lipinski definition) is 3. The lowest BCUT2D eigenvalue weighted by Gasteiger charge is -2.31. The van der Waals surface area contributed by atoms with E-state index in [1.54, 1.807) is 6.20 Å². The number of nitrogens with two attached hydrogens (primary N) is 1. The zero-order valence-electron chi connectivity index (χ0n) is 13.1. The normalized spacial score (nSPS) is 22.5. The predicted molar refractivity (Wildman–Crippen MR) is 86.7 cm³/mol. The van der Waals surface area contributed by atoms with Crippen LogP contribution in [0.2, 0.25) is 0 Å². The topological polar surface area (TPSA) is 72.9 Å². The fourth-order valence-corrected chi connectivity index (χ4v) is 2.74. The van der Waals surface area contributed by atoms with Crippen LogP contribution in [0.5, 0.6) is 0 Å². The van der Waals surface area contributed by atoms with Crippen LogP contribution < -0.4 is 11.1 Å². The molecule has 3 N–H and O–H groups in total. The summed E-state index contributed by atoms with van der Waals surface area (Å²) in [5.41, 5.74) is 6.32. The predicted octanol–water partition coefficient (Wildman–Crippen LogP) is 2.31. The van der Waals surface area contributed by atoms with Crippen LogP contribution >= 0.6 is 12.4 Å². The summed E-state index contributed by atoms with van der Waals surface area (Å²) < 4.78 is 1.82. The molecule has 0 aliphatic heterocycles. The highest BCUT2D eigenvalue weighted by atomic mass is 35.5. The molecule has 1 aliphatic carbocycles. The van der Waals surface area contributed by atoms with Gasteiger partial charge in [0.05, 0.1) is 17.3 Å². The Balaban J connectivity index is 0.00000220. The molecule has 1 saturated carbocycles. The largest absolute Gasteiger partial charge is 0.349 e. The number of amides is 1. The molecule has 120 valence electrons. The van der Waals surface area contributed by atoms with Crippen molar-refractivity contribution in [1.82, 2.24) is 15.1 Å². The molecule has 21 heavy (non-hydrogen) atoms. The van der Waals surface area contributed by atoms with E-state index in [2.05, 4.69) is 31.2 Å². The van der Waals surface area contributed by atoms with Gasteiger partial charge in [0.1, 0.15) is 0 Å². The van der Waals surface area contributed by atoms with Crippen molar-refractivity contribution in [3.63, 3.8) is 0 Å². The molecule has 2 unspecified atom stereocenters. The Labute approximate surface area is 133 Å². The first-order chi connectivity index (χ1) is 9.41. The molecule has 1 fully saturated rings. The van der Waals surface area contributed by atoms with Crippen LogP contribution in [0.3, 0.4) is 0 Å². The van der Waals surface area contributed by atoms with Gasteiger partial charge >= 0.3 is 0 Å². The number of carbonyl (C=O) groups excluding carboxylic acids is 1. The second kappa shape index (κ2) is 7.27. The highest BCUT2D eigenvalue weighted by molar-refractivity contribution is 5.93. The number of rotatable bonds is 3. The molecule has 0 spiro atoms. The van der Waals surface area contributed by atoms with Crippen LogP contribution in [0.15, 0.2) is 12.4 Å². The van der Waals surface area contributed by atoms with Gasteiger partial charge in [-0.2, -0.15) is 5.10 Å². The van der Waals surface area contributed by atoms with E-state index in [1.165, 1.54) is 12.8 Å². The smallest absolute Gasteiger partial charge is 0.254 e. The Morgan fingerprint density at radius 2 is 2.10 bits per heavy atom. The minimum Gasteiger partial charge on any atom is -0.349 e. The van der Waals surface area contributed by atoms with Gasteiger partial charge in [-0.25, -0.2) is 0 Å². The van der Waals surface area contributed by atoms with Gasteiger partial charge in [0, 0.05) is 12.2 Å². The molecule has 1 heterocycles. The molecule has 1 aliphatic rings. The summed E-state index contributed by atoms with van der Waals surface area (Å²) in [7, 11) is 0. The molecule has 2 rings (SSSR count). The molecular formula is C15H27ClN4O. The quantitative estimate of drug-likeness (QED) is 0.899. The maximum Gasteiger partial charge on any atom is 0.254 e. The van der Waals surface area contributed by atoms with Gasteiger partial charge in [-0.05, 0) is 46.1 Å². The van der Waals surface area contributed by atoms with Gasteiger partial charge in [0.2, 0.25) is 0 Å². The molecule has 1 aromatic heterocycles. The molecule has 1 amide bonds. The Kier molecular flexibility index (Phi) is 6.23. The number of nitrogens with zero attached hydrogens (tertiary/aromatic N) is 2. The number of aromatic nitrogens is 2. The zero-order valence-corrected chi connectivity index (χ0v) is 13.9. The van der Waals surface area contributed by atoms with Gasteiger partial charge < -0.3 is 11.1 Å². The third-order valence-corrected chi connectivity index (χ3v) is 4.06. The highest BCUT2D eigenvalue weighted by Crippen LogP contribution is 2.24. The molecule has 2 atom stereocenters. The molecule has 0 radical (unpaired) electrons. The number of halogens is 1. The molecule has 0 saturated heterocycles. The average Bonchev–Trinajstić information content (AvgIpc) is 2.89. The Bertz CT molecular complexity index is 466. The van der Waals surface area contributed by atoms with Gasteiger partial charge in [0.15, 0.2) is 0 Å². The number of carbonyl (C=O) groups is 1. The first kappa shape index (κ1) is 18.0. The third kappa shape index (κ3) is 4.45. The lowest BCUT2D eigenvalue weighted by molar-refractivity contribution is 0.0908. The zero-order chi connectivity index (χ0) is 14.8. The van der Waals surface area contributed by atoms with Gasteiger partial charge in [-0.15, -0.1) is 12.4 Å². The van der Waals surface area contributed by atoms with Crippen molar-refractivity contribution in [2.45, 2.75) is 58.0 Å². The van der Waals surface area contributed by atoms with Crippen LogP contribution in [-0.4, -0.2) is 28.3 Å². The average molecular weight is 315 g/mol. The van der Waals surface area contributed by atoms with Gasteiger partial charge in [-0.1, -0.05) is 12.8 Å². The molecule has 5 nitrogen and oxygen atoms in total. The van der Waals surface area contributed by atoms with Crippen LogP contribution in [-0.2, 0) is 5.54 Å². The SMILES string of the molecule is CC(C)(C)n1cc(C(=O)NC2CCCCC2CN)cn1.Cl.